The van der Waals surface area contributed by atoms with Crippen molar-refractivity contribution >= 4 is 56.1 Å². The van der Waals surface area contributed by atoms with Gasteiger partial charge in [-0.1, -0.05) is 56.3 Å². The Morgan fingerprint density at radius 3 is 1.78 bits per heavy atom. The van der Waals surface area contributed by atoms with Crippen LogP contribution in [0.3, 0.4) is 0 Å². The summed E-state index contributed by atoms with van der Waals surface area (Å²) in [6.07, 6.45) is 4.87. The summed E-state index contributed by atoms with van der Waals surface area (Å²) in [6, 6.07) is 28.9. The second-order valence-electron chi connectivity index (χ2n) is 10.5. The minimum absolute atomic E-state index is 0.631. The molecule has 4 heterocycles. The van der Waals surface area contributed by atoms with Crippen LogP contribution in [0.25, 0.3) is 66.1 Å². The summed E-state index contributed by atoms with van der Waals surface area (Å²) in [5.74, 6) is 0. The van der Waals surface area contributed by atoms with Gasteiger partial charge in [0, 0.05) is 62.7 Å². The molecule has 0 saturated heterocycles. The molecule has 0 aliphatic carbocycles. The lowest BCUT2D eigenvalue weighted by atomic mass is 10.0. The molecule has 0 amide bonds. The molecule has 0 spiro atoms. The standard InChI is InChI=1S/C35H29N4OP/c1-4-41(40,5-2)31-21-26-14-16-30(39-33(26)35-28(31)12-8-18-37-35)24-10-6-9-23(20-24)29-15-13-25-19-22(3)27-11-7-17-36-34(27)32(25)38-29/h6-21H,4-5H2,1-3H3. The molecule has 0 N–H and O–H groups in total. The largest absolute Gasteiger partial charge is 0.319 e. The Kier molecular flexibility index (Phi) is 6.13. The first kappa shape index (κ1) is 25.5. The van der Waals surface area contributed by atoms with Gasteiger partial charge in [-0.15, -0.1) is 0 Å². The summed E-state index contributed by atoms with van der Waals surface area (Å²) in [7, 11) is -2.51. The van der Waals surface area contributed by atoms with Crippen LogP contribution in [0.4, 0.5) is 0 Å². The second kappa shape index (κ2) is 9.87. The maximum atomic E-state index is 13.8. The molecule has 0 aliphatic heterocycles. The average molecular weight is 553 g/mol. The monoisotopic (exact) mass is 552 g/mol. The zero-order valence-corrected chi connectivity index (χ0v) is 24.2. The molecule has 4 aromatic heterocycles. The van der Waals surface area contributed by atoms with Gasteiger partial charge >= 0.3 is 0 Å². The molecule has 3 aromatic carbocycles. The van der Waals surface area contributed by atoms with E-state index in [1.54, 1.807) is 6.20 Å². The molecule has 7 rings (SSSR count). The minimum atomic E-state index is -2.51. The van der Waals surface area contributed by atoms with Crippen LogP contribution in [-0.2, 0) is 4.57 Å². The lowest BCUT2D eigenvalue weighted by Crippen LogP contribution is -2.11. The van der Waals surface area contributed by atoms with Crippen LogP contribution in [0.2, 0.25) is 0 Å². The van der Waals surface area contributed by atoms with Gasteiger partial charge in [-0.3, -0.25) is 9.97 Å². The van der Waals surface area contributed by atoms with E-state index in [0.717, 1.165) is 71.4 Å². The Hall–Kier alpha value is -4.47. The van der Waals surface area contributed by atoms with Crippen molar-refractivity contribution in [3.63, 3.8) is 0 Å². The van der Waals surface area contributed by atoms with Gasteiger partial charge in [0.2, 0.25) is 0 Å². The zero-order valence-electron chi connectivity index (χ0n) is 23.3. The first-order valence-electron chi connectivity index (χ1n) is 14.0. The van der Waals surface area contributed by atoms with Gasteiger partial charge < -0.3 is 4.57 Å². The Labute approximate surface area is 238 Å². The summed E-state index contributed by atoms with van der Waals surface area (Å²) in [5, 5.41) is 5.01. The van der Waals surface area contributed by atoms with E-state index in [1.807, 2.05) is 50.4 Å². The van der Waals surface area contributed by atoms with E-state index < -0.39 is 7.14 Å². The predicted molar refractivity (Wildman–Crippen MR) is 172 cm³/mol. The Bertz CT molecular complexity index is 2180. The van der Waals surface area contributed by atoms with Crippen molar-refractivity contribution in [3.8, 4) is 22.5 Å². The predicted octanol–water partition coefficient (Wildman–Crippen LogP) is 8.55. The molecule has 0 bridgehead atoms. The quantitative estimate of drug-likeness (QED) is 0.158. The Morgan fingerprint density at radius 1 is 0.610 bits per heavy atom. The number of benzene rings is 3. The van der Waals surface area contributed by atoms with E-state index in [-0.39, 0.29) is 0 Å². The van der Waals surface area contributed by atoms with Crippen LogP contribution in [-0.4, -0.2) is 32.3 Å². The molecule has 0 radical (unpaired) electrons. The number of pyridine rings is 4. The summed E-state index contributed by atoms with van der Waals surface area (Å²) in [4.78, 5) is 19.5. The van der Waals surface area contributed by atoms with Crippen molar-refractivity contribution < 1.29 is 4.57 Å². The van der Waals surface area contributed by atoms with Gasteiger partial charge in [-0.25, -0.2) is 9.97 Å². The first-order valence-corrected chi connectivity index (χ1v) is 16.1. The molecule has 6 heteroatoms. The highest BCUT2D eigenvalue weighted by molar-refractivity contribution is 7.72. The van der Waals surface area contributed by atoms with E-state index in [1.165, 1.54) is 5.56 Å². The number of rotatable bonds is 5. The molecule has 0 unspecified atom stereocenters. The van der Waals surface area contributed by atoms with Gasteiger partial charge in [-0.2, -0.15) is 0 Å². The molecule has 41 heavy (non-hydrogen) atoms. The molecule has 0 aliphatic rings. The highest BCUT2D eigenvalue weighted by Crippen LogP contribution is 2.46. The van der Waals surface area contributed by atoms with Gasteiger partial charge in [-0.05, 0) is 55.0 Å². The van der Waals surface area contributed by atoms with Crippen LogP contribution >= 0.6 is 7.14 Å². The average Bonchev–Trinajstić information content (AvgIpc) is 3.04. The van der Waals surface area contributed by atoms with Crippen molar-refractivity contribution in [1.82, 2.24) is 19.9 Å². The van der Waals surface area contributed by atoms with E-state index in [4.69, 9.17) is 15.0 Å². The fraction of sp³-hybridized carbons (Fsp3) is 0.143. The van der Waals surface area contributed by atoms with Crippen LogP contribution in [0.1, 0.15) is 19.4 Å². The van der Waals surface area contributed by atoms with Crippen molar-refractivity contribution in [1.29, 1.82) is 0 Å². The third kappa shape index (κ3) is 4.20. The lowest BCUT2D eigenvalue weighted by molar-refractivity contribution is 0.582. The van der Waals surface area contributed by atoms with Crippen LogP contribution < -0.4 is 5.30 Å². The number of hydrogen-bond acceptors (Lipinski definition) is 5. The normalized spacial score (nSPS) is 12.1. The van der Waals surface area contributed by atoms with Crippen LogP contribution in [0.5, 0.6) is 0 Å². The van der Waals surface area contributed by atoms with Crippen molar-refractivity contribution in [2.24, 2.45) is 0 Å². The van der Waals surface area contributed by atoms with E-state index >= 15 is 0 Å². The van der Waals surface area contributed by atoms with E-state index in [2.05, 4.69) is 66.5 Å². The third-order valence-corrected chi connectivity index (χ3v) is 11.5. The van der Waals surface area contributed by atoms with E-state index in [9.17, 15) is 4.57 Å². The zero-order chi connectivity index (χ0) is 28.1. The molecular weight excluding hydrogens is 523 g/mol. The molecule has 0 fully saturated rings. The number of aromatic nitrogens is 4. The van der Waals surface area contributed by atoms with Crippen molar-refractivity contribution in [2.45, 2.75) is 20.8 Å². The van der Waals surface area contributed by atoms with E-state index in [0.29, 0.717) is 12.3 Å². The van der Waals surface area contributed by atoms with Crippen molar-refractivity contribution in [2.75, 3.05) is 12.3 Å². The molecule has 0 saturated carbocycles. The first-order chi connectivity index (χ1) is 20.0. The Balaban J connectivity index is 1.37. The minimum Gasteiger partial charge on any atom is -0.319 e. The number of hydrogen-bond donors (Lipinski definition) is 0. The maximum Gasteiger partial charge on any atom is 0.115 e. The van der Waals surface area contributed by atoms with Gasteiger partial charge in [0.05, 0.1) is 33.5 Å². The fourth-order valence-electron chi connectivity index (χ4n) is 5.86. The van der Waals surface area contributed by atoms with Gasteiger partial charge in [0.15, 0.2) is 0 Å². The highest BCUT2D eigenvalue weighted by Gasteiger charge is 2.24. The summed E-state index contributed by atoms with van der Waals surface area (Å²) < 4.78 is 13.8. The summed E-state index contributed by atoms with van der Waals surface area (Å²) in [6.45, 7) is 6.13. The van der Waals surface area contributed by atoms with Gasteiger partial charge in [0.1, 0.15) is 7.14 Å². The smallest absolute Gasteiger partial charge is 0.115 e. The molecule has 200 valence electrons. The fourth-order valence-corrected chi connectivity index (χ4v) is 7.98. The number of aryl methyl sites for hydroxylation is 1. The lowest BCUT2D eigenvalue weighted by Gasteiger charge is -2.18. The summed E-state index contributed by atoms with van der Waals surface area (Å²) in [5.41, 5.74) is 8.41. The highest BCUT2D eigenvalue weighted by atomic mass is 31.2. The van der Waals surface area contributed by atoms with Crippen LogP contribution in [0, 0.1) is 6.92 Å². The van der Waals surface area contributed by atoms with Crippen molar-refractivity contribution in [3.05, 3.63) is 103 Å². The SMILES string of the molecule is CCP(=O)(CC)c1cc2ccc(-c3cccc(-c4ccc5cc(C)c6cccnc6c5n4)c3)nc2c2ncccc12. The summed E-state index contributed by atoms with van der Waals surface area (Å²) >= 11 is 0. The third-order valence-electron chi connectivity index (χ3n) is 8.20. The Morgan fingerprint density at radius 2 is 1.17 bits per heavy atom. The number of nitrogens with zero attached hydrogens (tertiary/aromatic N) is 4. The molecular formula is C35H29N4OP. The molecule has 7 aromatic rings. The van der Waals surface area contributed by atoms with Crippen LogP contribution in [0.15, 0.2) is 97.3 Å². The second-order valence-corrected chi connectivity index (χ2v) is 14.1. The number of fused-ring (bicyclic) bond motifs is 6. The molecule has 5 nitrogen and oxygen atoms in total. The maximum absolute atomic E-state index is 13.8. The topological polar surface area (TPSA) is 68.6 Å². The molecule has 0 atom stereocenters. The van der Waals surface area contributed by atoms with Gasteiger partial charge in [0.25, 0.3) is 0 Å².